The lowest BCUT2D eigenvalue weighted by Gasteiger charge is -2.57. The molecule has 7 heteroatoms. The molecule has 1 saturated heterocycles. The molecule has 3 N–H and O–H groups in total. The van der Waals surface area contributed by atoms with E-state index in [0.29, 0.717) is 17.0 Å². The third-order valence-corrected chi connectivity index (χ3v) is 8.88. The van der Waals surface area contributed by atoms with Crippen LogP contribution in [-0.4, -0.2) is 44.9 Å². The van der Waals surface area contributed by atoms with E-state index in [9.17, 15) is 19.8 Å². The average Bonchev–Trinajstić information content (AvgIpc) is 3.51. The predicted octanol–water partition coefficient (Wildman–Crippen LogP) is 3.53. The van der Waals surface area contributed by atoms with Gasteiger partial charge in [-0.2, -0.15) is 0 Å². The molecule has 7 nitrogen and oxygen atoms in total. The molecule has 0 amide bonds. The third kappa shape index (κ3) is 3.09. The van der Waals surface area contributed by atoms with Crippen molar-refractivity contribution in [3.05, 3.63) is 46.2 Å². The summed E-state index contributed by atoms with van der Waals surface area (Å²) in [6.45, 7) is 6.05. The first-order valence-electron chi connectivity index (χ1n) is 12.3. The van der Waals surface area contributed by atoms with Gasteiger partial charge in [0, 0.05) is 17.7 Å². The fraction of sp³-hybridized carbons (Fsp3) is 0.556. The van der Waals surface area contributed by atoms with Crippen LogP contribution in [0.2, 0.25) is 0 Å². The van der Waals surface area contributed by atoms with E-state index in [1.165, 1.54) is 18.3 Å². The molecule has 0 bridgehead atoms. The average molecular weight is 466 g/mol. The number of epoxide rings is 1. The molecule has 9 atom stereocenters. The number of hydrogen-bond acceptors (Lipinski definition) is 6. The molecule has 2 aliphatic heterocycles. The van der Waals surface area contributed by atoms with Crippen molar-refractivity contribution in [2.24, 2.45) is 29.6 Å². The number of rotatable bonds is 2. The number of nitrogens with one attached hydrogen (secondary N) is 1. The second-order valence-electron chi connectivity index (χ2n) is 11.0. The summed E-state index contributed by atoms with van der Waals surface area (Å²) >= 11 is 0. The standard InChI is InChI=1S/C27H31NO6/c1-12-4-9-18-16(10-12)19(24-13(2)33-24)20-23(31)21-22(30)17(14-5-7-15(29)8-6-14)11-28-26(21)34-25(20)27(18,3)32/h5-8,11-13,16,18-20,24-25,29,32H,4,9-10H2,1-3H3,(H,28,30)/t12-,13?,16-,18-,19+,20+,24?,25-,27-/m0/s1. The van der Waals surface area contributed by atoms with Crippen LogP contribution in [0.15, 0.2) is 35.3 Å². The van der Waals surface area contributed by atoms with Crippen LogP contribution in [0.25, 0.3) is 11.1 Å². The van der Waals surface area contributed by atoms with E-state index >= 15 is 0 Å². The summed E-state index contributed by atoms with van der Waals surface area (Å²) in [7, 11) is 0. The Balaban J connectivity index is 1.48. The Kier molecular flexibility index (Phi) is 4.78. The van der Waals surface area contributed by atoms with Gasteiger partial charge in [-0.25, -0.2) is 0 Å². The molecule has 2 aliphatic carbocycles. The highest BCUT2D eigenvalue weighted by Gasteiger charge is 2.66. The van der Waals surface area contributed by atoms with Gasteiger partial charge in [0.25, 0.3) is 0 Å². The molecule has 34 heavy (non-hydrogen) atoms. The van der Waals surface area contributed by atoms with E-state index in [1.807, 2.05) is 6.92 Å². The Morgan fingerprint density at radius 3 is 2.50 bits per heavy atom. The number of aliphatic hydroxyl groups is 1. The molecule has 6 rings (SSSR count). The zero-order valence-electron chi connectivity index (χ0n) is 19.7. The summed E-state index contributed by atoms with van der Waals surface area (Å²) in [5.74, 6) is -0.0929. The summed E-state index contributed by atoms with van der Waals surface area (Å²) in [4.78, 5) is 30.7. The number of carbonyl (C=O) groups is 1. The molecular weight excluding hydrogens is 434 g/mol. The van der Waals surface area contributed by atoms with Crippen molar-refractivity contribution in [3.8, 4) is 22.8 Å². The van der Waals surface area contributed by atoms with Gasteiger partial charge in [0.05, 0.1) is 18.1 Å². The fourth-order valence-electron chi connectivity index (χ4n) is 7.16. The molecule has 1 aromatic carbocycles. The molecule has 0 radical (unpaired) electrons. The largest absolute Gasteiger partial charge is 0.508 e. The van der Waals surface area contributed by atoms with Crippen LogP contribution < -0.4 is 10.2 Å². The summed E-state index contributed by atoms with van der Waals surface area (Å²) in [5.41, 5.74) is -0.629. The number of carbonyl (C=O) groups excluding carboxylic acids is 1. The van der Waals surface area contributed by atoms with E-state index < -0.39 is 23.1 Å². The number of pyridine rings is 1. The molecule has 3 fully saturated rings. The topological polar surface area (TPSA) is 112 Å². The zero-order chi connectivity index (χ0) is 23.9. The van der Waals surface area contributed by atoms with Gasteiger partial charge in [0.1, 0.15) is 23.0 Å². The first-order valence-corrected chi connectivity index (χ1v) is 12.3. The molecular formula is C27H31NO6. The Hall–Kier alpha value is -2.64. The first kappa shape index (κ1) is 21.9. The van der Waals surface area contributed by atoms with E-state index in [4.69, 9.17) is 9.47 Å². The molecule has 180 valence electrons. The normalized spacial score (nSPS) is 40.5. The summed E-state index contributed by atoms with van der Waals surface area (Å²) in [6, 6.07) is 6.30. The molecule has 4 aliphatic rings. The predicted molar refractivity (Wildman–Crippen MR) is 125 cm³/mol. The molecule has 1 aromatic heterocycles. The number of ketones is 1. The van der Waals surface area contributed by atoms with Crippen molar-refractivity contribution in [2.75, 3.05) is 0 Å². The Morgan fingerprint density at radius 2 is 1.82 bits per heavy atom. The van der Waals surface area contributed by atoms with Crippen molar-refractivity contribution >= 4 is 5.78 Å². The maximum absolute atomic E-state index is 14.1. The van der Waals surface area contributed by atoms with Gasteiger partial charge < -0.3 is 24.7 Å². The quantitative estimate of drug-likeness (QED) is 0.585. The van der Waals surface area contributed by atoms with Crippen LogP contribution in [0.1, 0.15) is 50.4 Å². The minimum absolute atomic E-state index is 0.0169. The fourth-order valence-corrected chi connectivity index (χ4v) is 7.16. The van der Waals surface area contributed by atoms with Gasteiger partial charge in [0.15, 0.2) is 5.78 Å². The summed E-state index contributed by atoms with van der Waals surface area (Å²) in [6.07, 6.45) is 3.66. The number of hydrogen-bond donors (Lipinski definition) is 3. The Labute approximate surface area is 198 Å². The number of benzene rings is 1. The number of phenolic OH excluding ortho intramolecular Hbond substituents is 1. The lowest BCUT2D eigenvalue weighted by Crippen LogP contribution is -2.67. The monoisotopic (exact) mass is 465 g/mol. The number of fused-ring (bicyclic) bond motifs is 3. The summed E-state index contributed by atoms with van der Waals surface area (Å²) in [5, 5.41) is 21.4. The third-order valence-electron chi connectivity index (χ3n) is 8.88. The second kappa shape index (κ2) is 7.43. The smallest absolute Gasteiger partial charge is 0.206 e. The Morgan fingerprint density at radius 1 is 1.12 bits per heavy atom. The lowest BCUT2D eigenvalue weighted by molar-refractivity contribution is -0.188. The first-order chi connectivity index (χ1) is 16.2. The molecule has 0 spiro atoms. The van der Waals surface area contributed by atoms with Crippen LogP contribution >= 0.6 is 0 Å². The molecule has 2 unspecified atom stereocenters. The van der Waals surface area contributed by atoms with Gasteiger partial charge >= 0.3 is 0 Å². The van der Waals surface area contributed by atoms with Crippen molar-refractivity contribution in [1.82, 2.24) is 4.98 Å². The number of ether oxygens (including phenoxy) is 2. The second-order valence-corrected chi connectivity index (χ2v) is 11.0. The van der Waals surface area contributed by atoms with E-state index in [2.05, 4.69) is 11.9 Å². The van der Waals surface area contributed by atoms with Crippen LogP contribution in [0, 0.1) is 29.6 Å². The van der Waals surface area contributed by atoms with E-state index in [0.717, 1.165) is 19.3 Å². The Bertz CT molecular complexity index is 1200. The highest BCUT2D eigenvalue weighted by molar-refractivity contribution is 6.02. The van der Waals surface area contributed by atoms with Gasteiger partial charge in [-0.05, 0) is 62.1 Å². The minimum Gasteiger partial charge on any atom is -0.508 e. The highest BCUT2D eigenvalue weighted by Crippen LogP contribution is 2.58. The highest BCUT2D eigenvalue weighted by atomic mass is 16.6. The number of aromatic hydroxyl groups is 1. The number of H-pyrrole nitrogens is 1. The minimum atomic E-state index is -1.19. The van der Waals surface area contributed by atoms with Crippen molar-refractivity contribution < 1.29 is 24.5 Å². The van der Waals surface area contributed by atoms with Crippen molar-refractivity contribution in [1.29, 1.82) is 0 Å². The van der Waals surface area contributed by atoms with Crippen LogP contribution in [-0.2, 0) is 4.74 Å². The SMILES string of the molecule is CC1OC1[C@@H]1[C@H]2C[C@@H](C)CC[C@@H]2[C@](C)(O)[C@H]2Oc3[nH]cc(-c4ccc(O)cc4)c(=O)c3C(=O)[C@@H]12. The number of aromatic nitrogens is 1. The van der Waals surface area contributed by atoms with Crippen LogP contribution in [0.4, 0.5) is 0 Å². The van der Waals surface area contributed by atoms with Gasteiger partial charge in [0.2, 0.25) is 11.3 Å². The van der Waals surface area contributed by atoms with Crippen LogP contribution in [0.5, 0.6) is 11.6 Å². The molecule has 2 saturated carbocycles. The lowest BCUT2D eigenvalue weighted by atomic mass is 9.51. The van der Waals surface area contributed by atoms with Crippen molar-refractivity contribution in [2.45, 2.75) is 63.9 Å². The molecule has 3 heterocycles. The van der Waals surface area contributed by atoms with Crippen molar-refractivity contribution in [3.63, 3.8) is 0 Å². The van der Waals surface area contributed by atoms with Gasteiger partial charge in [-0.3, -0.25) is 9.59 Å². The van der Waals surface area contributed by atoms with Crippen LogP contribution in [0.3, 0.4) is 0 Å². The van der Waals surface area contributed by atoms with E-state index in [-0.39, 0.29) is 52.9 Å². The van der Waals surface area contributed by atoms with Gasteiger partial charge in [-0.15, -0.1) is 0 Å². The maximum atomic E-state index is 14.1. The van der Waals surface area contributed by atoms with Gasteiger partial charge in [-0.1, -0.05) is 25.5 Å². The summed E-state index contributed by atoms with van der Waals surface area (Å²) < 4.78 is 12.2. The molecule has 2 aromatic rings. The maximum Gasteiger partial charge on any atom is 0.206 e. The number of phenols is 1. The number of Topliss-reactive ketones (excluding diaryl/α,β-unsaturated/α-hetero) is 1. The van der Waals surface area contributed by atoms with E-state index in [1.54, 1.807) is 19.1 Å². The number of aromatic amines is 1. The zero-order valence-corrected chi connectivity index (χ0v) is 19.7.